The molecule has 0 saturated carbocycles. The van der Waals surface area contributed by atoms with E-state index in [1.807, 2.05) is 41.3 Å². The van der Waals surface area contributed by atoms with Gasteiger partial charge in [0.05, 0.1) is 6.04 Å². The maximum absolute atomic E-state index is 12.7. The highest BCUT2D eigenvalue weighted by Crippen LogP contribution is 2.37. The summed E-state index contributed by atoms with van der Waals surface area (Å²) in [6, 6.07) is 18.8. The van der Waals surface area contributed by atoms with E-state index < -0.39 is 0 Å². The van der Waals surface area contributed by atoms with E-state index in [-0.39, 0.29) is 12.1 Å². The maximum atomic E-state index is 12.7. The zero-order valence-corrected chi connectivity index (χ0v) is 13.0. The van der Waals surface area contributed by atoms with Crippen molar-refractivity contribution in [3.8, 4) is 0 Å². The zero-order valence-electron chi connectivity index (χ0n) is 13.0. The lowest BCUT2D eigenvalue weighted by Crippen LogP contribution is -2.48. The molecule has 2 aliphatic heterocycles. The molecule has 0 aromatic heterocycles. The molecular formula is C19H21N3O. The molecule has 2 aliphatic rings. The van der Waals surface area contributed by atoms with Gasteiger partial charge in [0.15, 0.2) is 0 Å². The molecule has 1 saturated heterocycles. The third-order valence-corrected chi connectivity index (χ3v) is 4.76. The van der Waals surface area contributed by atoms with Crippen LogP contribution in [0.4, 0.5) is 10.5 Å². The van der Waals surface area contributed by atoms with Crippen molar-refractivity contribution in [1.29, 1.82) is 0 Å². The number of para-hydroxylation sites is 1. The molecule has 0 spiro atoms. The monoisotopic (exact) mass is 307 g/mol. The average Bonchev–Trinajstić information content (AvgIpc) is 3.09. The predicted molar refractivity (Wildman–Crippen MR) is 91.5 cm³/mol. The fourth-order valence-corrected chi connectivity index (χ4v) is 3.65. The quantitative estimate of drug-likeness (QED) is 0.913. The Morgan fingerprint density at radius 1 is 1.04 bits per heavy atom. The Kier molecular flexibility index (Phi) is 3.75. The van der Waals surface area contributed by atoms with E-state index >= 15 is 0 Å². The van der Waals surface area contributed by atoms with Crippen LogP contribution >= 0.6 is 0 Å². The number of hydrogen-bond donors (Lipinski definition) is 2. The van der Waals surface area contributed by atoms with E-state index in [1.165, 1.54) is 6.42 Å². The summed E-state index contributed by atoms with van der Waals surface area (Å²) in [7, 11) is 0. The van der Waals surface area contributed by atoms with Crippen molar-refractivity contribution in [2.45, 2.75) is 24.9 Å². The molecule has 2 amide bonds. The van der Waals surface area contributed by atoms with Gasteiger partial charge in [0.25, 0.3) is 0 Å². The fourth-order valence-electron chi connectivity index (χ4n) is 3.65. The van der Waals surface area contributed by atoms with Gasteiger partial charge < -0.3 is 15.5 Å². The molecule has 2 atom stereocenters. The lowest BCUT2D eigenvalue weighted by molar-refractivity contribution is 0.188. The van der Waals surface area contributed by atoms with Crippen LogP contribution in [0.15, 0.2) is 54.6 Å². The van der Waals surface area contributed by atoms with Crippen molar-refractivity contribution < 1.29 is 4.79 Å². The number of benzene rings is 2. The predicted octanol–water partition coefficient (Wildman–Crippen LogP) is 3.38. The van der Waals surface area contributed by atoms with Gasteiger partial charge in [0, 0.05) is 23.8 Å². The zero-order chi connectivity index (χ0) is 15.6. The van der Waals surface area contributed by atoms with Gasteiger partial charge in [0.1, 0.15) is 0 Å². The first-order valence-electron chi connectivity index (χ1n) is 8.28. The van der Waals surface area contributed by atoms with Crippen molar-refractivity contribution in [2.75, 3.05) is 18.4 Å². The first kappa shape index (κ1) is 14.3. The number of anilines is 1. The minimum absolute atomic E-state index is 0.00810. The average molecular weight is 307 g/mol. The van der Waals surface area contributed by atoms with E-state index in [1.54, 1.807) is 0 Å². The number of hydrogen-bond acceptors (Lipinski definition) is 2. The second-order valence-electron chi connectivity index (χ2n) is 6.28. The van der Waals surface area contributed by atoms with E-state index in [9.17, 15) is 4.79 Å². The molecule has 4 rings (SSSR count). The molecule has 2 unspecified atom stereocenters. The molecule has 0 radical (unpaired) electrons. The highest BCUT2D eigenvalue weighted by Gasteiger charge is 2.35. The van der Waals surface area contributed by atoms with Crippen molar-refractivity contribution in [1.82, 2.24) is 10.2 Å². The van der Waals surface area contributed by atoms with Crippen molar-refractivity contribution in [2.24, 2.45) is 0 Å². The van der Waals surface area contributed by atoms with Crippen LogP contribution in [-0.2, 0) is 0 Å². The number of carbonyl (C=O) groups excluding carboxylic acids is 1. The van der Waals surface area contributed by atoms with Crippen LogP contribution in [0.2, 0.25) is 0 Å². The number of carbonyl (C=O) groups is 1. The first-order valence-corrected chi connectivity index (χ1v) is 8.28. The Hall–Kier alpha value is -2.33. The number of nitrogens with one attached hydrogen (secondary N) is 2. The Balaban J connectivity index is 1.75. The maximum Gasteiger partial charge on any atom is 0.322 e. The smallest absolute Gasteiger partial charge is 0.312 e. The molecule has 2 aromatic carbocycles. The molecule has 1 fully saturated rings. The van der Waals surface area contributed by atoms with Gasteiger partial charge in [-0.05, 0) is 31.0 Å². The third kappa shape index (κ3) is 2.70. The van der Waals surface area contributed by atoms with Gasteiger partial charge in [-0.1, -0.05) is 48.5 Å². The summed E-state index contributed by atoms with van der Waals surface area (Å²) in [5, 5.41) is 6.54. The number of amides is 2. The highest BCUT2D eigenvalue weighted by molar-refractivity contribution is 5.93. The number of fused-ring (bicyclic) bond motifs is 1. The van der Waals surface area contributed by atoms with E-state index in [0.29, 0.717) is 6.04 Å². The van der Waals surface area contributed by atoms with Gasteiger partial charge in [-0.3, -0.25) is 0 Å². The van der Waals surface area contributed by atoms with Crippen molar-refractivity contribution >= 4 is 11.7 Å². The van der Waals surface area contributed by atoms with Crippen LogP contribution < -0.4 is 10.6 Å². The van der Waals surface area contributed by atoms with Gasteiger partial charge in [-0.15, -0.1) is 0 Å². The summed E-state index contributed by atoms with van der Waals surface area (Å²) in [6.07, 6.45) is 2.32. The molecule has 4 heteroatoms. The van der Waals surface area contributed by atoms with Crippen molar-refractivity contribution in [3.05, 3.63) is 65.7 Å². The van der Waals surface area contributed by atoms with Gasteiger partial charge in [0.2, 0.25) is 0 Å². The largest absolute Gasteiger partial charge is 0.322 e. The number of rotatable bonds is 3. The van der Waals surface area contributed by atoms with Crippen LogP contribution in [0.25, 0.3) is 0 Å². The Morgan fingerprint density at radius 2 is 1.83 bits per heavy atom. The number of nitrogens with zero attached hydrogens (tertiary/aromatic N) is 1. The molecule has 118 valence electrons. The summed E-state index contributed by atoms with van der Waals surface area (Å²) < 4.78 is 0. The summed E-state index contributed by atoms with van der Waals surface area (Å²) in [6.45, 7) is 1.78. The Labute approximate surface area is 136 Å². The van der Waals surface area contributed by atoms with Crippen LogP contribution in [0.1, 0.15) is 30.0 Å². The third-order valence-electron chi connectivity index (χ3n) is 4.76. The number of urea groups is 1. The Morgan fingerprint density at radius 3 is 2.61 bits per heavy atom. The molecule has 23 heavy (non-hydrogen) atoms. The summed E-state index contributed by atoms with van der Waals surface area (Å²) in [5.74, 6) is 0. The van der Waals surface area contributed by atoms with E-state index in [4.69, 9.17) is 0 Å². The molecular weight excluding hydrogens is 286 g/mol. The van der Waals surface area contributed by atoms with Crippen LogP contribution in [-0.4, -0.2) is 30.1 Å². The molecule has 2 N–H and O–H groups in total. The summed E-state index contributed by atoms with van der Waals surface area (Å²) in [5.41, 5.74) is 3.24. The SMILES string of the molecule is O=C1Nc2ccccc2C(c2ccccc2)N1CC1CCCN1. The van der Waals surface area contributed by atoms with Crippen molar-refractivity contribution in [3.63, 3.8) is 0 Å². The molecule has 0 aliphatic carbocycles. The van der Waals surface area contributed by atoms with Gasteiger partial charge >= 0.3 is 6.03 Å². The highest BCUT2D eigenvalue weighted by atomic mass is 16.2. The summed E-state index contributed by atoms with van der Waals surface area (Å²) >= 11 is 0. The minimum Gasteiger partial charge on any atom is -0.312 e. The van der Waals surface area contributed by atoms with Crippen LogP contribution in [0.3, 0.4) is 0 Å². The topological polar surface area (TPSA) is 44.4 Å². The van der Waals surface area contributed by atoms with E-state index in [0.717, 1.165) is 36.3 Å². The van der Waals surface area contributed by atoms with Gasteiger partial charge in [-0.25, -0.2) is 4.79 Å². The molecule has 4 nitrogen and oxygen atoms in total. The fraction of sp³-hybridized carbons (Fsp3) is 0.316. The van der Waals surface area contributed by atoms with Gasteiger partial charge in [-0.2, -0.15) is 0 Å². The molecule has 2 aromatic rings. The lowest BCUT2D eigenvalue weighted by Gasteiger charge is -2.39. The van der Waals surface area contributed by atoms with E-state index in [2.05, 4.69) is 28.8 Å². The lowest BCUT2D eigenvalue weighted by atomic mass is 9.93. The standard InChI is InChI=1S/C19H21N3O/c23-19-21-17-11-5-4-10-16(17)18(14-7-2-1-3-8-14)22(19)13-15-9-6-12-20-15/h1-5,7-8,10-11,15,18,20H,6,9,12-13H2,(H,21,23). The first-order chi connectivity index (χ1) is 11.3. The second kappa shape index (κ2) is 6.05. The molecule has 0 bridgehead atoms. The normalized spacial score (nSPS) is 23.5. The molecule has 2 heterocycles. The van der Waals surface area contributed by atoms with Crippen LogP contribution in [0, 0.1) is 0 Å². The second-order valence-corrected chi connectivity index (χ2v) is 6.28. The summed E-state index contributed by atoms with van der Waals surface area (Å²) in [4.78, 5) is 14.7. The Bertz CT molecular complexity index is 695. The van der Waals surface area contributed by atoms with Crippen LogP contribution in [0.5, 0.6) is 0 Å². The minimum atomic E-state index is -0.0245.